The van der Waals surface area contributed by atoms with Gasteiger partial charge in [0, 0.05) is 10.4 Å². The van der Waals surface area contributed by atoms with Crippen LogP contribution in [0, 0.1) is 0 Å². The maximum atomic E-state index is 10.6. The second-order valence-electron chi connectivity index (χ2n) is 3.88. The molecule has 2 heterocycles. The average Bonchev–Trinajstić information content (AvgIpc) is 2.40. The predicted molar refractivity (Wildman–Crippen MR) is 83.5 cm³/mol. The van der Waals surface area contributed by atoms with Gasteiger partial charge in [0.25, 0.3) is 11.1 Å². The molecule has 25 heavy (non-hydrogen) atoms. The van der Waals surface area contributed by atoms with Crippen LogP contribution >= 0.6 is 0 Å². The van der Waals surface area contributed by atoms with Crippen molar-refractivity contribution in [3.8, 4) is 0 Å². The van der Waals surface area contributed by atoms with Gasteiger partial charge in [-0.2, -0.15) is 0 Å². The molecule has 140 valence electrons. The second kappa shape index (κ2) is 8.33. The molecule has 0 aliphatic rings. The predicted octanol–water partition coefficient (Wildman–Crippen LogP) is -4.88. The van der Waals surface area contributed by atoms with Gasteiger partial charge >= 0.3 is 11.4 Å². The summed E-state index contributed by atoms with van der Waals surface area (Å²) in [5, 5.41) is 0. The zero-order chi connectivity index (χ0) is 19.9. The van der Waals surface area contributed by atoms with E-state index in [1.54, 1.807) is 0 Å². The van der Waals surface area contributed by atoms with Crippen molar-refractivity contribution in [1.82, 2.24) is 19.9 Å². The largest absolute Gasteiger partial charge is 0.759 e. The Hall–Kier alpha value is -3.57. The fourth-order valence-corrected chi connectivity index (χ4v) is 1.03. The number of hydrogen-bond donors (Lipinski definition) is 8. The minimum Gasteiger partial charge on any atom is -0.759 e. The van der Waals surface area contributed by atoms with E-state index in [-0.39, 0.29) is 23.0 Å². The van der Waals surface area contributed by atoms with Crippen LogP contribution in [0.15, 0.2) is 19.2 Å². The highest BCUT2D eigenvalue weighted by molar-refractivity contribution is 7.79. The van der Waals surface area contributed by atoms with Crippen LogP contribution in [-0.4, -0.2) is 37.5 Å². The normalized spacial score (nSPS) is 10.0. The van der Waals surface area contributed by atoms with E-state index in [0.29, 0.717) is 0 Å². The fraction of sp³-hybridized carbons (Fsp3) is 0. The Balaban J connectivity index is 0.000000368. The molecule has 0 saturated heterocycles. The highest BCUT2D eigenvalue weighted by Crippen LogP contribution is 1.96. The zero-order valence-electron chi connectivity index (χ0n) is 12.0. The summed E-state index contributed by atoms with van der Waals surface area (Å²) in [6, 6.07) is 0. The molecule has 2 aromatic heterocycles. The van der Waals surface area contributed by atoms with Gasteiger partial charge in [-0.05, 0) is 0 Å². The molecule has 0 unspecified atom stereocenters. The Labute approximate surface area is 136 Å². The van der Waals surface area contributed by atoms with Gasteiger partial charge in [-0.1, -0.05) is 0 Å². The third-order valence-corrected chi connectivity index (χ3v) is 2.02. The lowest BCUT2D eigenvalue weighted by Crippen LogP contribution is -2.26. The van der Waals surface area contributed by atoms with Crippen LogP contribution in [0.2, 0.25) is 0 Å². The maximum Gasteiger partial charge on any atom is 0.327 e. The number of H-pyrrole nitrogens is 4. The van der Waals surface area contributed by atoms with E-state index < -0.39 is 32.9 Å². The van der Waals surface area contributed by atoms with Crippen LogP contribution in [0.3, 0.4) is 0 Å². The quantitative estimate of drug-likeness (QED) is 0.157. The first-order chi connectivity index (χ1) is 11.2. The second-order valence-corrected chi connectivity index (χ2v) is 4.70. The summed E-state index contributed by atoms with van der Waals surface area (Å²) >= 11 is 0. The Kier molecular flexibility index (Phi) is 7.14. The number of aromatic amines is 4. The van der Waals surface area contributed by atoms with Crippen molar-refractivity contribution in [3.05, 3.63) is 41.7 Å². The number of nitrogens with one attached hydrogen (secondary N) is 4. The molecule has 0 saturated carbocycles. The molecule has 0 atom stereocenters. The molecule has 0 amide bonds. The third-order valence-electron chi connectivity index (χ3n) is 2.02. The lowest BCUT2D eigenvalue weighted by Gasteiger charge is -2.06. The fourth-order valence-electron chi connectivity index (χ4n) is 1.03. The van der Waals surface area contributed by atoms with Crippen molar-refractivity contribution < 1.29 is 17.5 Å². The van der Waals surface area contributed by atoms with Crippen LogP contribution in [0.4, 0.5) is 23.0 Å². The molecule has 0 bridgehead atoms. The highest BCUT2D eigenvalue weighted by atomic mass is 32.3. The van der Waals surface area contributed by atoms with Gasteiger partial charge in [0.05, 0.1) is 0 Å². The average molecular weight is 380 g/mol. The lowest BCUT2D eigenvalue weighted by molar-refractivity contribution is 0.352. The summed E-state index contributed by atoms with van der Waals surface area (Å²) < 4.78 is 34.1. The van der Waals surface area contributed by atoms with Gasteiger partial charge in [-0.15, -0.1) is 0 Å². The van der Waals surface area contributed by atoms with Gasteiger partial charge in [0.15, 0.2) is 0 Å². The van der Waals surface area contributed by atoms with E-state index >= 15 is 0 Å². The number of rotatable bonds is 0. The highest BCUT2D eigenvalue weighted by Gasteiger charge is 1.99. The monoisotopic (exact) mass is 380 g/mol. The standard InChI is InChI=1S/2C4H6N4O2.H2O4S/c2*5-1-2(6)7-4(10)8-3(1)9;1-5(2,3)4/h2*5H2,(H4,6,7,8,9,10);(H2,1,2,3,4)/p-2. The Morgan fingerprint density at radius 2 is 0.880 bits per heavy atom. The van der Waals surface area contributed by atoms with Crippen LogP contribution in [0.25, 0.3) is 0 Å². The Morgan fingerprint density at radius 3 is 1.08 bits per heavy atom. The molecule has 0 fully saturated rings. The van der Waals surface area contributed by atoms with Gasteiger partial charge in [0.2, 0.25) is 0 Å². The summed E-state index contributed by atoms with van der Waals surface area (Å²) in [6.07, 6.45) is 0. The van der Waals surface area contributed by atoms with Crippen LogP contribution < -0.4 is 45.4 Å². The molecule has 0 radical (unpaired) electrons. The van der Waals surface area contributed by atoms with Crippen LogP contribution in [-0.2, 0) is 10.4 Å². The van der Waals surface area contributed by atoms with Crippen molar-refractivity contribution in [2.75, 3.05) is 22.9 Å². The van der Waals surface area contributed by atoms with Crippen molar-refractivity contribution in [2.45, 2.75) is 0 Å². The first kappa shape index (κ1) is 21.4. The molecule has 2 aromatic rings. The molecule has 0 spiro atoms. The van der Waals surface area contributed by atoms with Crippen molar-refractivity contribution in [1.29, 1.82) is 0 Å². The maximum absolute atomic E-state index is 10.6. The topological polar surface area (TPSA) is 316 Å². The molecule has 2 rings (SSSR count). The van der Waals surface area contributed by atoms with E-state index in [4.69, 9.17) is 40.5 Å². The van der Waals surface area contributed by atoms with Gasteiger partial charge in [-0.25, -0.2) is 9.59 Å². The summed E-state index contributed by atoms with van der Waals surface area (Å²) in [7, 11) is -5.17. The van der Waals surface area contributed by atoms with Gasteiger partial charge in [-0.3, -0.25) is 37.9 Å². The molecular weight excluding hydrogens is 368 g/mol. The smallest absolute Gasteiger partial charge is 0.327 e. The minimum absolute atomic E-state index is 0.103. The minimum atomic E-state index is -5.17. The SMILES string of the molecule is Nc1[nH]c(=O)[nH]c(=O)c1N.Nc1[nH]c(=O)[nH]c(=O)c1N.O=S(=O)([O-])[O-]. The molecule has 17 heteroatoms. The van der Waals surface area contributed by atoms with Crippen LogP contribution in [0.1, 0.15) is 0 Å². The summed E-state index contributed by atoms with van der Waals surface area (Å²) in [5.41, 5.74) is 17.5. The third kappa shape index (κ3) is 8.59. The first-order valence-corrected chi connectivity index (χ1v) is 6.97. The summed E-state index contributed by atoms with van der Waals surface area (Å²) in [6.45, 7) is 0. The zero-order valence-corrected chi connectivity index (χ0v) is 12.8. The van der Waals surface area contributed by atoms with E-state index in [1.165, 1.54) is 0 Å². The van der Waals surface area contributed by atoms with Crippen LogP contribution in [0.5, 0.6) is 0 Å². The number of nitrogen functional groups attached to an aromatic ring is 4. The number of anilines is 4. The number of hydrogen-bond acceptors (Lipinski definition) is 12. The van der Waals surface area contributed by atoms with Gasteiger partial charge < -0.3 is 32.0 Å². The van der Waals surface area contributed by atoms with Crippen molar-refractivity contribution >= 4 is 33.4 Å². The van der Waals surface area contributed by atoms with Crippen molar-refractivity contribution in [3.63, 3.8) is 0 Å². The molecule has 12 N–H and O–H groups in total. The summed E-state index contributed by atoms with van der Waals surface area (Å²) in [4.78, 5) is 50.1. The number of aromatic nitrogens is 4. The van der Waals surface area contributed by atoms with E-state index in [0.717, 1.165) is 0 Å². The Morgan fingerprint density at radius 1 is 0.640 bits per heavy atom. The molecule has 0 aromatic carbocycles. The van der Waals surface area contributed by atoms with E-state index in [2.05, 4.69) is 9.97 Å². The Bertz CT molecular complexity index is 982. The molecule has 16 nitrogen and oxygen atoms in total. The van der Waals surface area contributed by atoms with Crippen molar-refractivity contribution in [2.24, 2.45) is 0 Å². The molecule has 0 aliphatic carbocycles. The van der Waals surface area contributed by atoms with E-state index in [9.17, 15) is 19.2 Å². The lowest BCUT2D eigenvalue weighted by atomic mass is 10.5. The first-order valence-electron chi connectivity index (χ1n) is 5.64. The number of nitrogens with two attached hydrogens (primary N) is 4. The molecular formula is C8H12N8O8S-2. The van der Waals surface area contributed by atoms with Gasteiger partial charge in [0.1, 0.15) is 23.0 Å². The molecule has 0 aliphatic heterocycles. The summed E-state index contributed by atoms with van der Waals surface area (Å²) in [5.74, 6) is -0.206. The van der Waals surface area contributed by atoms with E-state index in [1.807, 2.05) is 9.97 Å².